The Bertz CT molecular complexity index is 563. The number of benzene rings is 1. The lowest BCUT2D eigenvalue weighted by atomic mass is 10.1. The minimum atomic E-state index is -0.412. The van der Waals surface area contributed by atoms with Crippen molar-refractivity contribution in [2.24, 2.45) is 0 Å². The molecule has 0 fully saturated rings. The molecule has 0 unspecified atom stereocenters. The average Bonchev–Trinajstić information content (AvgIpc) is 2.63. The number of carbonyl (C=O) groups excluding carboxylic acids is 1. The van der Waals surface area contributed by atoms with Crippen LogP contribution in [0.15, 0.2) is 18.7 Å². The second kappa shape index (κ2) is 13.1. The molecule has 152 valence electrons. The number of ether oxygens (including phenoxy) is 4. The molecule has 0 aromatic heterocycles. The van der Waals surface area contributed by atoms with Crippen molar-refractivity contribution in [3.05, 3.63) is 24.3 Å². The summed E-state index contributed by atoms with van der Waals surface area (Å²) in [6, 6.07) is 3.60. The van der Waals surface area contributed by atoms with Crippen molar-refractivity contribution in [2.45, 2.75) is 66.2 Å². The Morgan fingerprint density at radius 1 is 0.852 bits per heavy atom. The summed E-state index contributed by atoms with van der Waals surface area (Å²) in [6.45, 7) is 13.3. The molecule has 0 spiro atoms. The third-order valence-corrected chi connectivity index (χ3v) is 3.86. The minimum absolute atomic E-state index is 0.267. The van der Waals surface area contributed by atoms with Crippen molar-refractivity contribution in [1.82, 2.24) is 0 Å². The zero-order chi connectivity index (χ0) is 20.1. The van der Waals surface area contributed by atoms with Gasteiger partial charge in [-0.3, -0.25) is 4.79 Å². The molecule has 0 aliphatic rings. The van der Waals surface area contributed by atoms with Crippen LogP contribution in [-0.2, 0) is 9.53 Å². The first-order valence-corrected chi connectivity index (χ1v) is 9.97. The Kier molecular flexibility index (Phi) is 11.1. The first-order valence-electron chi connectivity index (χ1n) is 9.97. The zero-order valence-corrected chi connectivity index (χ0v) is 17.3. The van der Waals surface area contributed by atoms with Crippen LogP contribution >= 0.6 is 0 Å². The van der Waals surface area contributed by atoms with Crippen molar-refractivity contribution < 1.29 is 23.7 Å². The predicted octanol–water partition coefficient (Wildman–Crippen LogP) is 5.76. The van der Waals surface area contributed by atoms with Gasteiger partial charge in [-0.05, 0) is 31.4 Å². The van der Waals surface area contributed by atoms with E-state index in [4.69, 9.17) is 18.9 Å². The number of unbranched alkanes of at least 4 members (excludes halogenated alkanes) is 3. The van der Waals surface area contributed by atoms with Gasteiger partial charge in [0.05, 0.1) is 19.8 Å². The smallest absolute Gasteiger partial charge is 0.308 e. The van der Waals surface area contributed by atoms with E-state index in [-0.39, 0.29) is 5.76 Å². The Morgan fingerprint density at radius 2 is 1.30 bits per heavy atom. The molecule has 0 bridgehead atoms. The fraction of sp³-hybridized carbons (Fsp3) is 0.591. The monoisotopic (exact) mass is 378 g/mol. The average molecular weight is 379 g/mol. The van der Waals surface area contributed by atoms with Crippen molar-refractivity contribution >= 4 is 11.7 Å². The molecule has 0 radical (unpaired) electrons. The first-order chi connectivity index (χ1) is 13.0. The van der Waals surface area contributed by atoms with E-state index in [1.54, 1.807) is 12.1 Å². The summed E-state index contributed by atoms with van der Waals surface area (Å²) in [7, 11) is 0. The molecule has 0 aliphatic carbocycles. The Hall–Kier alpha value is -2.17. The van der Waals surface area contributed by atoms with Crippen LogP contribution < -0.4 is 14.2 Å². The molecule has 1 aromatic carbocycles. The van der Waals surface area contributed by atoms with E-state index in [1.807, 2.05) is 0 Å². The Morgan fingerprint density at radius 3 is 1.70 bits per heavy atom. The fourth-order valence-electron chi connectivity index (χ4n) is 2.30. The first kappa shape index (κ1) is 22.9. The van der Waals surface area contributed by atoms with Crippen LogP contribution in [0, 0.1) is 0 Å². The number of hydrogen-bond acceptors (Lipinski definition) is 5. The van der Waals surface area contributed by atoms with Gasteiger partial charge in [-0.1, -0.05) is 46.6 Å². The van der Waals surface area contributed by atoms with Gasteiger partial charge in [0.2, 0.25) is 5.75 Å². The highest BCUT2D eigenvalue weighted by Crippen LogP contribution is 2.41. The maximum absolute atomic E-state index is 11.3. The zero-order valence-electron chi connectivity index (χ0n) is 17.3. The lowest BCUT2D eigenvalue weighted by Crippen LogP contribution is -2.07. The largest absolute Gasteiger partial charge is 0.490 e. The summed E-state index contributed by atoms with van der Waals surface area (Å²) in [5.74, 6) is 1.65. The van der Waals surface area contributed by atoms with E-state index >= 15 is 0 Å². The van der Waals surface area contributed by atoms with Crippen LogP contribution in [0.4, 0.5) is 0 Å². The van der Waals surface area contributed by atoms with Crippen LogP contribution in [0.2, 0.25) is 0 Å². The van der Waals surface area contributed by atoms with Crippen LogP contribution in [0.1, 0.15) is 71.8 Å². The van der Waals surface area contributed by atoms with Crippen molar-refractivity contribution in [2.75, 3.05) is 19.8 Å². The number of esters is 1. The van der Waals surface area contributed by atoms with E-state index in [0.717, 1.165) is 38.5 Å². The highest BCUT2D eigenvalue weighted by molar-refractivity contribution is 5.76. The normalized spacial score (nSPS) is 10.4. The second-order valence-electron chi connectivity index (χ2n) is 6.42. The molecule has 0 heterocycles. The topological polar surface area (TPSA) is 54.0 Å². The molecule has 27 heavy (non-hydrogen) atoms. The van der Waals surface area contributed by atoms with Gasteiger partial charge in [-0.15, -0.1) is 0 Å². The van der Waals surface area contributed by atoms with Gasteiger partial charge in [-0.25, -0.2) is 0 Å². The molecule has 1 aromatic rings. The van der Waals surface area contributed by atoms with Crippen LogP contribution in [-0.4, -0.2) is 25.8 Å². The quantitative estimate of drug-likeness (QED) is 0.234. The third kappa shape index (κ3) is 8.37. The molecule has 0 aliphatic heterocycles. The van der Waals surface area contributed by atoms with Gasteiger partial charge in [0.25, 0.3) is 0 Å². The lowest BCUT2D eigenvalue weighted by Gasteiger charge is -2.19. The van der Waals surface area contributed by atoms with E-state index in [1.165, 1.54) is 6.92 Å². The lowest BCUT2D eigenvalue weighted by molar-refractivity contribution is -0.134. The van der Waals surface area contributed by atoms with Gasteiger partial charge in [0.1, 0.15) is 5.76 Å². The van der Waals surface area contributed by atoms with Crippen LogP contribution in [0.5, 0.6) is 17.2 Å². The predicted molar refractivity (Wildman–Crippen MR) is 108 cm³/mol. The second-order valence-corrected chi connectivity index (χ2v) is 6.42. The van der Waals surface area contributed by atoms with Gasteiger partial charge >= 0.3 is 5.97 Å². The van der Waals surface area contributed by atoms with E-state index < -0.39 is 5.97 Å². The summed E-state index contributed by atoms with van der Waals surface area (Å²) < 4.78 is 23.1. The molecular weight excluding hydrogens is 344 g/mol. The standard InChI is InChI=1S/C22H34O5/c1-6-9-12-24-20-15-19(17(4)27-18(5)23)16-21(25-13-10-7-2)22(20)26-14-11-8-3/h15-16H,4,6-14H2,1-3,5H3. The summed E-state index contributed by atoms with van der Waals surface area (Å²) in [5.41, 5.74) is 0.644. The maximum Gasteiger partial charge on any atom is 0.308 e. The maximum atomic E-state index is 11.3. The third-order valence-electron chi connectivity index (χ3n) is 3.86. The summed E-state index contributed by atoms with van der Waals surface area (Å²) >= 11 is 0. The summed E-state index contributed by atoms with van der Waals surface area (Å²) in [5, 5.41) is 0. The van der Waals surface area contributed by atoms with Gasteiger partial charge in [-0.2, -0.15) is 0 Å². The van der Waals surface area contributed by atoms with Crippen LogP contribution in [0.25, 0.3) is 5.76 Å². The molecule has 1 rings (SSSR count). The molecule has 0 N–H and O–H groups in total. The van der Waals surface area contributed by atoms with E-state index in [9.17, 15) is 4.79 Å². The van der Waals surface area contributed by atoms with Crippen molar-refractivity contribution in [1.29, 1.82) is 0 Å². The molecule has 0 saturated heterocycles. The van der Waals surface area contributed by atoms with Crippen molar-refractivity contribution in [3.63, 3.8) is 0 Å². The number of hydrogen-bond donors (Lipinski definition) is 0. The van der Waals surface area contributed by atoms with E-state index in [0.29, 0.717) is 42.6 Å². The number of rotatable bonds is 14. The Balaban J connectivity index is 3.20. The molecule has 0 amide bonds. The van der Waals surface area contributed by atoms with Gasteiger partial charge in [0.15, 0.2) is 11.5 Å². The number of carbonyl (C=O) groups is 1. The molecular formula is C22H34O5. The molecule has 5 nitrogen and oxygen atoms in total. The molecule has 0 atom stereocenters. The van der Waals surface area contributed by atoms with Crippen molar-refractivity contribution in [3.8, 4) is 17.2 Å². The van der Waals surface area contributed by atoms with Gasteiger partial charge < -0.3 is 18.9 Å². The SMILES string of the molecule is C=C(OC(C)=O)c1cc(OCCCC)c(OCCCC)c(OCCCC)c1. The van der Waals surface area contributed by atoms with Gasteiger partial charge in [0, 0.05) is 12.5 Å². The summed E-state index contributed by atoms with van der Waals surface area (Å²) in [4.78, 5) is 11.3. The highest BCUT2D eigenvalue weighted by Gasteiger charge is 2.18. The fourth-order valence-corrected chi connectivity index (χ4v) is 2.30. The molecule has 0 saturated carbocycles. The Labute approximate surface area is 163 Å². The van der Waals surface area contributed by atoms with E-state index in [2.05, 4.69) is 27.4 Å². The van der Waals surface area contributed by atoms with Crippen LogP contribution in [0.3, 0.4) is 0 Å². The molecule has 5 heteroatoms. The minimum Gasteiger partial charge on any atom is -0.490 e. The highest BCUT2D eigenvalue weighted by atomic mass is 16.5. The summed E-state index contributed by atoms with van der Waals surface area (Å²) in [6.07, 6.45) is 5.94.